The Bertz CT molecular complexity index is 3430. The smallest absolute Gasteiger partial charge is 0.132 e. The largest absolute Gasteiger partial charge is 0.490 e. The highest BCUT2D eigenvalue weighted by molar-refractivity contribution is 7.25. The SMILES string of the molecule is CC1=C(N(c2ccccc2)c2cccc(Oc3cc4sc5cc(Oc6cccc(N(c7cccc(Oc8ccccc8)c7)c7ccccc7C)c6C)c(C)cc5c4cc3C)c2C)C(C)(C)C(C)(C)O1. The molecule has 1 aromatic heterocycles. The molecule has 0 spiro atoms. The summed E-state index contributed by atoms with van der Waals surface area (Å²) < 4.78 is 29.0. The van der Waals surface area contributed by atoms with Crippen molar-refractivity contribution in [2.75, 3.05) is 9.80 Å². The van der Waals surface area contributed by atoms with E-state index in [1.807, 2.05) is 42.5 Å². The minimum atomic E-state index is -0.384. The summed E-state index contributed by atoms with van der Waals surface area (Å²) in [5.41, 5.74) is 11.0. The van der Waals surface area contributed by atoms with E-state index in [-0.39, 0.29) is 11.0 Å². The molecular weight excluding hydrogens is 869 g/mol. The molecule has 0 fully saturated rings. The summed E-state index contributed by atoms with van der Waals surface area (Å²) in [6.45, 7) is 21.7. The fourth-order valence-corrected chi connectivity index (χ4v) is 10.8. The van der Waals surface area contributed by atoms with Crippen LogP contribution in [0.4, 0.5) is 28.4 Å². The van der Waals surface area contributed by atoms with Gasteiger partial charge in [-0.3, -0.25) is 0 Å². The number of aryl methyl sites for hydroxylation is 3. The van der Waals surface area contributed by atoms with Crippen molar-refractivity contribution >= 4 is 59.9 Å². The van der Waals surface area contributed by atoms with Gasteiger partial charge in [-0.25, -0.2) is 0 Å². The van der Waals surface area contributed by atoms with Gasteiger partial charge in [-0.2, -0.15) is 0 Å². The van der Waals surface area contributed by atoms with E-state index in [1.165, 1.54) is 10.8 Å². The Balaban J connectivity index is 0.972. The van der Waals surface area contributed by atoms with Crippen molar-refractivity contribution in [3.8, 4) is 34.5 Å². The second kappa shape index (κ2) is 17.9. The standard InChI is InChI=1S/C62H58N2O4S/c1-39-22-17-18-29-51(39)63(46-25-19-28-48(36-46)65-47-26-15-12-16-27-47)52-30-20-32-54(42(52)4)66-56-37-58-49(34-40(56)2)50-35-41(3)57(38-59(50)69-58)67-55-33-21-31-53(43(55)5)64(45-23-13-11-14-24-45)60-44(6)68-62(9,10)61(60,7)8/h11-38H,1-10H3. The number of hydrogen-bond acceptors (Lipinski definition) is 7. The van der Waals surface area contributed by atoms with Crippen molar-refractivity contribution in [3.05, 3.63) is 209 Å². The zero-order valence-corrected chi connectivity index (χ0v) is 41.9. The Morgan fingerprint density at radius 1 is 0.420 bits per heavy atom. The molecule has 0 saturated heterocycles. The number of hydrogen-bond donors (Lipinski definition) is 0. The molecule has 0 saturated carbocycles. The highest BCUT2D eigenvalue weighted by Crippen LogP contribution is 2.54. The van der Waals surface area contributed by atoms with Crippen LogP contribution in [0.25, 0.3) is 20.2 Å². The average molecular weight is 927 g/mol. The summed E-state index contributed by atoms with van der Waals surface area (Å²) in [6.07, 6.45) is 0. The van der Waals surface area contributed by atoms with E-state index in [2.05, 4.69) is 206 Å². The highest BCUT2D eigenvalue weighted by atomic mass is 32.1. The zero-order chi connectivity index (χ0) is 48.2. The van der Waals surface area contributed by atoms with Crippen molar-refractivity contribution in [2.24, 2.45) is 5.41 Å². The monoisotopic (exact) mass is 926 g/mol. The molecule has 0 bridgehead atoms. The number of ether oxygens (including phenoxy) is 4. The molecule has 0 atom stereocenters. The molecule has 1 aliphatic rings. The predicted molar refractivity (Wildman–Crippen MR) is 287 cm³/mol. The van der Waals surface area contributed by atoms with E-state index in [0.29, 0.717) is 0 Å². The second-order valence-electron chi connectivity index (χ2n) is 19.2. The van der Waals surface area contributed by atoms with Gasteiger partial charge in [0, 0.05) is 59.8 Å². The first-order chi connectivity index (χ1) is 33.2. The second-order valence-corrected chi connectivity index (χ2v) is 20.3. The summed E-state index contributed by atoms with van der Waals surface area (Å²) in [7, 11) is 0. The number of anilines is 5. The van der Waals surface area contributed by atoms with Gasteiger partial charge in [-0.1, -0.05) is 86.6 Å². The van der Waals surface area contributed by atoms with Crippen LogP contribution in [0.3, 0.4) is 0 Å². The number of para-hydroxylation sites is 3. The number of allylic oxidation sites excluding steroid dienone is 1. The minimum Gasteiger partial charge on any atom is -0.490 e. The molecule has 1 aliphatic heterocycles. The lowest BCUT2D eigenvalue weighted by Crippen LogP contribution is -2.41. The van der Waals surface area contributed by atoms with Gasteiger partial charge in [0.05, 0.1) is 17.1 Å². The van der Waals surface area contributed by atoms with Crippen LogP contribution in [-0.4, -0.2) is 5.60 Å². The van der Waals surface area contributed by atoms with Gasteiger partial charge in [-0.05, 0) is 163 Å². The molecule has 69 heavy (non-hydrogen) atoms. The Morgan fingerprint density at radius 2 is 0.913 bits per heavy atom. The van der Waals surface area contributed by atoms with Gasteiger partial charge in [0.2, 0.25) is 0 Å². The van der Waals surface area contributed by atoms with Gasteiger partial charge in [0.25, 0.3) is 0 Å². The van der Waals surface area contributed by atoms with Crippen molar-refractivity contribution < 1.29 is 18.9 Å². The Labute approximate surface area is 410 Å². The molecule has 0 N–H and O–H groups in total. The molecule has 10 rings (SSSR count). The first-order valence-corrected chi connectivity index (χ1v) is 24.5. The van der Waals surface area contributed by atoms with Crippen LogP contribution in [0, 0.1) is 40.0 Å². The number of benzene rings is 8. The fraction of sp³-hybridized carbons (Fsp3) is 0.194. The van der Waals surface area contributed by atoms with Crippen LogP contribution in [0.15, 0.2) is 181 Å². The summed E-state index contributed by atoms with van der Waals surface area (Å²) in [6, 6.07) is 58.7. The maximum atomic E-state index is 6.92. The molecule has 346 valence electrons. The number of fused-ring (bicyclic) bond motifs is 3. The molecule has 0 aliphatic carbocycles. The van der Waals surface area contributed by atoms with E-state index >= 15 is 0 Å². The lowest BCUT2D eigenvalue weighted by atomic mass is 9.75. The maximum Gasteiger partial charge on any atom is 0.132 e. The van der Waals surface area contributed by atoms with Crippen molar-refractivity contribution in [1.82, 2.24) is 0 Å². The first kappa shape index (κ1) is 45.3. The normalized spacial score (nSPS) is 13.9. The third-order valence-corrected chi connectivity index (χ3v) is 15.1. The van der Waals surface area contributed by atoms with Gasteiger partial charge in [0.1, 0.15) is 45.9 Å². The summed E-state index contributed by atoms with van der Waals surface area (Å²) in [5, 5.41) is 2.40. The first-order valence-electron chi connectivity index (χ1n) is 23.7. The molecular formula is C62H58N2O4S. The molecule has 0 radical (unpaired) electrons. The van der Waals surface area contributed by atoms with Crippen LogP contribution < -0.4 is 24.0 Å². The molecule has 8 aromatic carbocycles. The maximum absolute atomic E-state index is 6.92. The highest BCUT2D eigenvalue weighted by Gasteiger charge is 2.51. The fourth-order valence-electron chi connectivity index (χ4n) is 9.63. The van der Waals surface area contributed by atoms with Crippen LogP contribution >= 0.6 is 11.3 Å². The minimum absolute atomic E-state index is 0.278. The topological polar surface area (TPSA) is 43.4 Å². The number of nitrogens with zero attached hydrogens (tertiary/aromatic N) is 2. The molecule has 0 unspecified atom stereocenters. The average Bonchev–Trinajstić information content (AvgIpc) is 3.74. The van der Waals surface area contributed by atoms with Gasteiger partial charge in [-0.15, -0.1) is 11.3 Å². The van der Waals surface area contributed by atoms with E-state index in [4.69, 9.17) is 18.9 Å². The third kappa shape index (κ3) is 8.35. The van der Waals surface area contributed by atoms with Crippen LogP contribution in [0.5, 0.6) is 34.5 Å². The molecule has 0 amide bonds. The van der Waals surface area contributed by atoms with Crippen molar-refractivity contribution in [1.29, 1.82) is 0 Å². The van der Waals surface area contributed by atoms with Crippen LogP contribution in [-0.2, 0) is 4.74 Å². The molecule has 6 nitrogen and oxygen atoms in total. The predicted octanol–water partition coefficient (Wildman–Crippen LogP) is 18.6. The molecule has 7 heteroatoms. The Hall–Kier alpha value is -7.48. The van der Waals surface area contributed by atoms with Crippen LogP contribution in [0.2, 0.25) is 0 Å². The lowest BCUT2D eigenvalue weighted by molar-refractivity contribution is -0.00783. The summed E-state index contributed by atoms with van der Waals surface area (Å²) in [5.74, 6) is 5.73. The van der Waals surface area contributed by atoms with Crippen molar-refractivity contribution in [2.45, 2.75) is 74.8 Å². The van der Waals surface area contributed by atoms with E-state index < -0.39 is 0 Å². The quantitative estimate of drug-likeness (QED) is 0.122. The molecule has 9 aromatic rings. The van der Waals surface area contributed by atoms with Gasteiger partial charge < -0.3 is 28.7 Å². The summed E-state index contributed by atoms with van der Waals surface area (Å²) in [4.78, 5) is 4.65. The number of rotatable bonds is 12. The van der Waals surface area contributed by atoms with E-state index in [1.54, 1.807) is 11.3 Å². The van der Waals surface area contributed by atoms with Gasteiger partial charge in [0.15, 0.2) is 0 Å². The van der Waals surface area contributed by atoms with Crippen molar-refractivity contribution in [3.63, 3.8) is 0 Å². The zero-order valence-electron chi connectivity index (χ0n) is 41.1. The van der Waals surface area contributed by atoms with E-state index in [9.17, 15) is 0 Å². The van der Waals surface area contributed by atoms with E-state index in [0.717, 1.165) is 112 Å². The lowest BCUT2D eigenvalue weighted by Gasteiger charge is -2.40. The van der Waals surface area contributed by atoms with Gasteiger partial charge >= 0.3 is 0 Å². The molecule has 2 heterocycles. The number of thiophene rings is 1. The van der Waals surface area contributed by atoms with Crippen LogP contribution in [0.1, 0.15) is 62.4 Å². The summed E-state index contributed by atoms with van der Waals surface area (Å²) >= 11 is 1.76. The Kier molecular flexibility index (Phi) is 11.7. The Morgan fingerprint density at radius 3 is 1.48 bits per heavy atom. The third-order valence-electron chi connectivity index (χ3n) is 14.0.